The second kappa shape index (κ2) is 6.46. The lowest BCUT2D eigenvalue weighted by Crippen LogP contribution is -2.18. The number of pyridine rings is 1. The van der Waals surface area contributed by atoms with Crippen molar-refractivity contribution in [2.24, 2.45) is 5.73 Å². The molecule has 96 valence electrons. The molecule has 1 aromatic rings. The minimum Gasteiger partial charge on any atom is -0.383 e. The number of ether oxygens (including phenoxy) is 1. The predicted molar refractivity (Wildman–Crippen MR) is 61.8 cm³/mol. The first-order valence-corrected chi connectivity index (χ1v) is 5.34. The second-order valence-electron chi connectivity index (χ2n) is 3.79. The van der Waals surface area contributed by atoms with Crippen molar-refractivity contribution in [3.63, 3.8) is 0 Å². The molecule has 17 heavy (non-hydrogen) atoms. The molecule has 4 nitrogen and oxygen atoms in total. The summed E-state index contributed by atoms with van der Waals surface area (Å²) in [5.74, 6) is 0.381. The van der Waals surface area contributed by atoms with Gasteiger partial charge < -0.3 is 16.2 Å². The Morgan fingerprint density at radius 2 is 2.18 bits per heavy atom. The van der Waals surface area contributed by atoms with Crippen LogP contribution in [0.5, 0.6) is 0 Å². The van der Waals surface area contributed by atoms with Crippen molar-refractivity contribution in [1.29, 1.82) is 0 Å². The van der Waals surface area contributed by atoms with Crippen LogP contribution in [0.3, 0.4) is 0 Å². The number of nitrogen functional groups attached to an aromatic ring is 1. The molecule has 0 bridgehead atoms. The molecule has 0 aliphatic carbocycles. The molecule has 1 aromatic heterocycles. The quantitative estimate of drug-likeness (QED) is 0.747. The topological polar surface area (TPSA) is 74.2 Å². The third kappa shape index (κ3) is 4.24. The maximum Gasteiger partial charge on any atom is 0.261 e. The zero-order valence-corrected chi connectivity index (χ0v) is 9.70. The highest BCUT2D eigenvalue weighted by Gasteiger charge is 2.13. The molecule has 0 aliphatic heterocycles. The summed E-state index contributed by atoms with van der Waals surface area (Å²) >= 11 is 0. The molecule has 0 aromatic carbocycles. The van der Waals surface area contributed by atoms with Gasteiger partial charge in [0.2, 0.25) is 0 Å². The van der Waals surface area contributed by atoms with E-state index in [1.807, 2.05) is 13.0 Å². The van der Waals surface area contributed by atoms with Gasteiger partial charge in [0.05, 0.1) is 0 Å². The van der Waals surface area contributed by atoms with Crippen LogP contribution in [0.15, 0.2) is 12.3 Å². The number of nitrogens with zero attached hydrogens (tertiary/aromatic N) is 1. The van der Waals surface area contributed by atoms with Gasteiger partial charge in [-0.2, -0.15) is 0 Å². The average Bonchev–Trinajstić information content (AvgIpc) is 2.24. The van der Waals surface area contributed by atoms with Crippen molar-refractivity contribution in [1.82, 2.24) is 4.98 Å². The molecular formula is C11H17F2N3O. The summed E-state index contributed by atoms with van der Waals surface area (Å²) < 4.78 is 28.4. The summed E-state index contributed by atoms with van der Waals surface area (Å²) in [6.07, 6.45) is -0.408. The molecule has 0 saturated carbocycles. The van der Waals surface area contributed by atoms with Crippen LogP contribution in [0.1, 0.15) is 23.6 Å². The van der Waals surface area contributed by atoms with Gasteiger partial charge in [0.25, 0.3) is 6.43 Å². The van der Waals surface area contributed by atoms with Crippen molar-refractivity contribution in [2.45, 2.75) is 25.8 Å². The summed E-state index contributed by atoms with van der Waals surface area (Å²) in [6, 6.07) is 1.47. The Balaban J connectivity index is 2.49. The van der Waals surface area contributed by atoms with E-state index >= 15 is 0 Å². The second-order valence-corrected chi connectivity index (χ2v) is 3.79. The van der Waals surface area contributed by atoms with Crippen LogP contribution in [-0.2, 0) is 4.74 Å². The van der Waals surface area contributed by atoms with Gasteiger partial charge in [-0.15, -0.1) is 0 Å². The van der Waals surface area contributed by atoms with Gasteiger partial charge in [-0.1, -0.05) is 0 Å². The van der Waals surface area contributed by atoms with Crippen molar-refractivity contribution in [3.8, 4) is 0 Å². The van der Waals surface area contributed by atoms with Crippen LogP contribution in [-0.4, -0.2) is 24.6 Å². The SMILES string of the molecule is Cc1ccnc(N)c1C(N)CCOCC(F)F. The molecule has 1 heterocycles. The fraction of sp³-hybridized carbons (Fsp3) is 0.545. The number of nitrogens with two attached hydrogens (primary N) is 2. The first kappa shape index (κ1) is 13.8. The van der Waals surface area contributed by atoms with E-state index in [-0.39, 0.29) is 12.6 Å². The maximum absolute atomic E-state index is 11.8. The number of halogens is 2. The highest BCUT2D eigenvalue weighted by Crippen LogP contribution is 2.22. The summed E-state index contributed by atoms with van der Waals surface area (Å²) in [5.41, 5.74) is 13.3. The van der Waals surface area contributed by atoms with Gasteiger partial charge in [0.1, 0.15) is 12.4 Å². The zero-order valence-electron chi connectivity index (χ0n) is 9.70. The van der Waals surface area contributed by atoms with Gasteiger partial charge >= 0.3 is 0 Å². The van der Waals surface area contributed by atoms with E-state index < -0.39 is 13.0 Å². The third-order valence-corrected chi connectivity index (χ3v) is 2.43. The van der Waals surface area contributed by atoms with Gasteiger partial charge in [0.15, 0.2) is 0 Å². The molecule has 0 aliphatic rings. The number of hydrogen-bond acceptors (Lipinski definition) is 4. The van der Waals surface area contributed by atoms with Crippen LogP contribution in [0, 0.1) is 6.92 Å². The van der Waals surface area contributed by atoms with Crippen LogP contribution in [0.4, 0.5) is 14.6 Å². The molecule has 0 radical (unpaired) electrons. The Morgan fingerprint density at radius 3 is 2.76 bits per heavy atom. The fourth-order valence-corrected chi connectivity index (χ4v) is 1.60. The first-order valence-electron chi connectivity index (χ1n) is 5.34. The summed E-state index contributed by atoms with van der Waals surface area (Å²) in [5, 5.41) is 0. The molecule has 0 spiro atoms. The maximum atomic E-state index is 11.8. The van der Waals surface area contributed by atoms with Crippen molar-refractivity contribution in [3.05, 3.63) is 23.4 Å². The number of hydrogen-bond donors (Lipinski definition) is 2. The Hall–Kier alpha value is -1.27. The van der Waals surface area contributed by atoms with Crippen LogP contribution in [0.2, 0.25) is 0 Å². The van der Waals surface area contributed by atoms with Gasteiger partial charge in [-0.25, -0.2) is 13.8 Å². The Bertz CT molecular complexity index is 340. The molecule has 6 heteroatoms. The summed E-state index contributed by atoms with van der Waals surface area (Å²) in [7, 11) is 0. The van der Waals surface area contributed by atoms with Crippen molar-refractivity contribution in [2.75, 3.05) is 18.9 Å². The van der Waals surface area contributed by atoms with Gasteiger partial charge in [0, 0.05) is 24.4 Å². The van der Waals surface area contributed by atoms with Crippen LogP contribution >= 0.6 is 0 Å². The molecular weight excluding hydrogens is 228 g/mol. The smallest absolute Gasteiger partial charge is 0.261 e. The monoisotopic (exact) mass is 245 g/mol. The Morgan fingerprint density at radius 1 is 1.47 bits per heavy atom. The number of alkyl halides is 2. The van der Waals surface area contributed by atoms with E-state index in [1.165, 1.54) is 0 Å². The molecule has 4 N–H and O–H groups in total. The third-order valence-electron chi connectivity index (χ3n) is 2.43. The summed E-state index contributed by atoms with van der Waals surface area (Å²) in [4.78, 5) is 3.95. The zero-order chi connectivity index (χ0) is 12.8. The predicted octanol–water partition coefficient (Wildman–Crippen LogP) is 1.64. The average molecular weight is 245 g/mol. The van der Waals surface area contributed by atoms with Crippen molar-refractivity contribution >= 4 is 5.82 Å². The minimum atomic E-state index is -2.45. The van der Waals surface area contributed by atoms with Crippen LogP contribution < -0.4 is 11.5 Å². The molecule has 0 amide bonds. The first-order chi connectivity index (χ1) is 8.02. The summed E-state index contributed by atoms with van der Waals surface area (Å²) in [6.45, 7) is 1.50. The lowest BCUT2D eigenvalue weighted by Gasteiger charge is -2.16. The number of anilines is 1. The molecule has 0 fully saturated rings. The van der Waals surface area contributed by atoms with Gasteiger partial charge in [-0.05, 0) is 25.0 Å². The highest BCUT2D eigenvalue weighted by atomic mass is 19.3. The molecule has 0 saturated heterocycles. The molecule has 1 atom stereocenters. The van der Waals surface area contributed by atoms with Crippen LogP contribution in [0.25, 0.3) is 0 Å². The largest absolute Gasteiger partial charge is 0.383 e. The highest BCUT2D eigenvalue weighted by molar-refractivity contribution is 5.45. The lowest BCUT2D eigenvalue weighted by atomic mass is 10.0. The molecule has 1 rings (SSSR count). The minimum absolute atomic E-state index is 0.180. The number of aromatic nitrogens is 1. The lowest BCUT2D eigenvalue weighted by molar-refractivity contribution is 0.0152. The van der Waals surface area contributed by atoms with E-state index in [1.54, 1.807) is 6.20 Å². The number of aryl methyl sites for hydroxylation is 1. The van der Waals surface area contributed by atoms with Crippen molar-refractivity contribution < 1.29 is 13.5 Å². The number of rotatable bonds is 6. The van der Waals surface area contributed by atoms with E-state index in [0.717, 1.165) is 11.1 Å². The Kier molecular flexibility index (Phi) is 5.24. The van der Waals surface area contributed by atoms with Gasteiger partial charge in [-0.3, -0.25) is 0 Å². The fourth-order valence-electron chi connectivity index (χ4n) is 1.60. The van der Waals surface area contributed by atoms with E-state index in [0.29, 0.717) is 12.2 Å². The Labute approximate surface area is 99.0 Å². The van der Waals surface area contributed by atoms with E-state index in [2.05, 4.69) is 4.98 Å². The normalized spacial score (nSPS) is 13.0. The standard InChI is InChI=1S/C11H17F2N3O/c1-7-2-4-16-11(15)10(7)8(14)3-5-17-6-9(12)13/h2,4,8-9H,3,5-6,14H2,1H3,(H2,15,16). The van der Waals surface area contributed by atoms with E-state index in [4.69, 9.17) is 16.2 Å². The molecule has 1 unspecified atom stereocenters. The van der Waals surface area contributed by atoms with E-state index in [9.17, 15) is 8.78 Å².